The van der Waals surface area contributed by atoms with Gasteiger partial charge in [0.15, 0.2) is 6.29 Å². The first kappa shape index (κ1) is 13.8. The molecule has 0 aromatic heterocycles. The van der Waals surface area contributed by atoms with Crippen LogP contribution in [0.4, 0.5) is 13.2 Å². The molecule has 86 valence electrons. The van der Waals surface area contributed by atoms with Crippen LogP contribution in [0.5, 0.6) is 0 Å². The first-order chi connectivity index (χ1) is 6.29. The minimum Gasteiger partial charge on any atom is -0.368 e. The summed E-state index contributed by atoms with van der Waals surface area (Å²) < 4.78 is 53.7. The van der Waals surface area contributed by atoms with E-state index < -0.39 is 35.4 Å². The molecule has 1 N–H and O–H groups in total. The maximum Gasteiger partial charge on any atom is 0.497 e. The lowest BCUT2D eigenvalue weighted by molar-refractivity contribution is -0.116. The summed E-state index contributed by atoms with van der Waals surface area (Å²) in [5.41, 5.74) is -4.89. The van der Waals surface area contributed by atoms with E-state index in [-0.39, 0.29) is 0 Å². The van der Waals surface area contributed by atoms with E-state index in [9.17, 15) is 17.4 Å². The molecule has 0 amide bonds. The topological polar surface area (TPSA) is 55.8 Å². The second kappa shape index (κ2) is 5.64. The average Bonchev–Trinajstić information content (AvgIpc) is 2.10. The maximum atomic E-state index is 11.7. The van der Waals surface area contributed by atoms with E-state index in [2.05, 4.69) is 8.92 Å². The van der Waals surface area contributed by atoms with E-state index in [1.165, 1.54) is 14.0 Å². The zero-order valence-electron chi connectivity index (χ0n) is 7.58. The van der Waals surface area contributed by atoms with Gasteiger partial charge in [0.25, 0.3) is 11.1 Å². The summed E-state index contributed by atoms with van der Waals surface area (Å²) in [6, 6.07) is 0. The van der Waals surface area contributed by atoms with Crippen LogP contribution in [0.25, 0.3) is 0 Å². The Morgan fingerprint density at radius 3 is 2.36 bits per heavy atom. The monoisotopic (exact) mass is 236 g/mol. The molecule has 0 fully saturated rings. The van der Waals surface area contributed by atoms with Gasteiger partial charge in [-0.1, -0.05) is 6.92 Å². The average molecular weight is 236 g/mol. The van der Waals surface area contributed by atoms with Crippen LogP contribution in [0.3, 0.4) is 0 Å². The quantitative estimate of drug-likeness (QED) is 0.717. The van der Waals surface area contributed by atoms with E-state index in [1.807, 2.05) is 0 Å². The molecule has 8 heteroatoms. The number of halogens is 3. The third-order valence-electron chi connectivity index (χ3n) is 1.36. The smallest absolute Gasteiger partial charge is 0.368 e. The van der Waals surface area contributed by atoms with Crippen molar-refractivity contribution >= 4 is 11.1 Å². The minimum atomic E-state index is -4.89. The van der Waals surface area contributed by atoms with Crippen LogP contribution >= 0.6 is 0 Å². The molecule has 0 heterocycles. The Morgan fingerprint density at radius 1 is 1.50 bits per heavy atom. The fourth-order valence-electron chi connectivity index (χ4n) is 0.551. The molecular weight excluding hydrogens is 225 g/mol. The van der Waals surface area contributed by atoms with Crippen LogP contribution in [0, 0.1) is 5.92 Å². The highest BCUT2D eigenvalue weighted by Gasteiger charge is 2.39. The van der Waals surface area contributed by atoms with E-state index in [0.29, 0.717) is 0 Å². The van der Waals surface area contributed by atoms with Crippen molar-refractivity contribution < 1.29 is 31.4 Å². The predicted molar refractivity (Wildman–Crippen MR) is 42.3 cm³/mol. The molecule has 0 radical (unpaired) electrons. The summed E-state index contributed by atoms with van der Waals surface area (Å²) in [4.78, 5) is 0. The van der Waals surface area contributed by atoms with E-state index in [1.54, 1.807) is 0 Å². The molecule has 4 nitrogen and oxygen atoms in total. The van der Waals surface area contributed by atoms with Gasteiger partial charge in [-0.15, -0.1) is 0 Å². The van der Waals surface area contributed by atoms with Gasteiger partial charge in [-0.25, -0.2) is 4.21 Å². The van der Waals surface area contributed by atoms with E-state index >= 15 is 0 Å². The molecule has 0 aliphatic rings. The summed E-state index contributed by atoms with van der Waals surface area (Å²) >= 11 is -3.34. The van der Waals surface area contributed by atoms with Gasteiger partial charge < -0.3 is 9.84 Å². The Kier molecular flexibility index (Phi) is 5.57. The molecule has 0 aromatic carbocycles. The van der Waals surface area contributed by atoms with Crippen molar-refractivity contribution in [2.75, 3.05) is 13.7 Å². The lowest BCUT2D eigenvalue weighted by atomic mass is 10.2. The number of hydrogen-bond acceptors (Lipinski definition) is 4. The van der Waals surface area contributed by atoms with E-state index in [0.717, 1.165) is 0 Å². The van der Waals surface area contributed by atoms with Crippen molar-refractivity contribution in [3.05, 3.63) is 0 Å². The zero-order chi connectivity index (χ0) is 11.4. The normalized spacial score (nSPS) is 19.0. The van der Waals surface area contributed by atoms with Gasteiger partial charge in [0.1, 0.15) is 0 Å². The van der Waals surface area contributed by atoms with Gasteiger partial charge in [0, 0.05) is 13.0 Å². The van der Waals surface area contributed by atoms with Crippen molar-refractivity contribution in [1.29, 1.82) is 0 Å². The Balaban J connectivity index is 3.89. The molecule has 0 aromatic rings. The van der Waals surface area contributed by atoms with Gasteiger partial charge in [-0.3, -0.25) is 4.18 Å². The highest BCUT2D eigenvalue weighted by Crippen LogP contribution is 2.21. The summed E-state index contributed by atoms with van der Waals surface area (Å²) in [5, 5.41) is 8.96. The number of methoxy groups -OCH3 is 1. The highest BCUT2D eigenvalue weighted by atomic mass is 32.2. The number of ether oxygens (including phenoxy) is 1. The van der Waals surface area contributed by atoms with Crippen molar-refractivity contribution in [3.8, 4) is 0 Å². The zero-order valence-corrected chi connectivity index (χ0v) is 8.39. The van der Waals surface area contributed by atoms with Gasteiger partial charge in [-0.2, -0.15) is 13.2 Å². The molecule has 3 atom stereocenters. The third-order valence-corrected chi connectivity index (χ3v) is 2.08. The highest BCUT2D eigenvalue weighted by molar-refractivity contribution is 7.81. The summed E-state index contributed by atoms with van der Waals surface area (Å²) in [6.07, 6.45) is -1.24. The molecule has 0 rings (SSSR count). The van der Waals surface area contributed by atoms with Crippen LogP contribution in [-0.4, -0.2) is 34.8 Å². The van der Waals surface area contributed by atoms with Crippen LogP contribution < -0.4 is 0 Å². The number of aliphatic hydroxyl groups excluding tert-OH is 1. The maximum absolute atomic E-state index is 11.7. The van der Waals surface area contributed by atoms with Crippen LogP contribution in [0.15, 0.2) is 0 Å². The van der Waals surface area contributed by atoms with Crippen LogP contribution in [0.1, 0.15) is 6.92 Å². The number of hydrogen-bond donors (Lipinski definition) is 1. The van der Waals surface area contributed by atoms with Gasteiger partial charge in [0.05, 0.1) is 6.61 Å². The van der Waals surface area contributed by atoms with E-state index in [4.69, 9.17) is 5.11 Å². The molecular formula is C6H11F3O4S. The fraction of sp³-hybridized carbons (Fsp3) is 1.00. The van der Waals surface area contributed by atoms with Crippen LogP contribution in [0.2, 0.25) is 0 Å². The first-order valence-electron chi connectivity index (χ1n) is 3.61. The molecule has 0 saturated carbocycles. The predicted octanol–water partition coefficient (Wildman–Crippen LogP) is 0.787. The Hall–Kier alpha value is -0.180. The van der Waals surface area contributed by atoms with Crippen molar-refractivity contribution in [3.63, 3.8) is 0 Å². The van der Waals surface area contributed by atoms with Gasteiger partial charge >= 0.3 is 5.51 Å². The second-order valence-corrected chi connectivity index (χ2v) is 3.74. The molecule has 14 heavy (non-hydrogen) atoms. The molecule has 0 spiro atoms. The molecule has 0 bridgehead atoms. The fourth-order valence-corrected chi connectivity index (χ4v) is 1.02. The number of rotatable bonds is 5. The van der Waals surface area contributed by atoms with Crippen molar-refractivity contribution in [2.24, 2.45) is 5.92 Å². The van der Waals surface area contributed by atoms with Gasteiger partial charge in [-0.05, 0) is 0 Å². The lowest BCUT2D eigenvalue weighted by Crippen LogP contribution is -2.27. The first-order valence-corrected chi connectivity index (χ1v) is 4.69. The molecule has 0 aliphatic heterocycles. The van der Waals surface area contributed by atoms with Crippen LogP contribution in [-0.2, 0) is 20.0 Å². The molecule has 0 aliphatic carbocycles. The molecule has 2 unspecified atom stereocenters. The SMILES string of the molecule is COC(O)[C@H](C)COS(=O)C(F)(F)F. The summed E-state index contributed by atoms with van der Waals surface area (Å²) in [6.45, 7) is 0.906. The Bertz CT molecular complexity index is 196. The second-order valence-electron chi connectivity index (χ2n) is 2.57. The third kappa shape index (κ3) is 4.89. The Morgan fingerprint density at radius 2 is 2.00 bits per heavy atom. The number of alkyl halides is 3. The molecule has 0 saturated heterocycles. The van der Waals surface area contributed by atoms with Crippen molar-refractivity contribution in [2.45, 2.75) is 18.7 Å². The summed E-state index contributed by atoms with van der Waals surface area (Å²) in [7, 11) is 1.20. The standard InChI is InChI=1S/C6H11F3O4S/c1-4(5(10)12-2)3-13-14(11)6(7,8)9/h4-5,10H,3H2,1-2H3/t4-,5?,14?/m1/s1. The van der Waals surface area contributed by atoms with Crippen molar-refractivity contribution in [1.82, 2.24) is 0 Å². The van der Waals surface area contributed by atoms with Gasteiger partial charge in [0.2, 0.25) is 0 Å². The lowest BCUT2D eigenvalue weighted by Gasteiger charge is -2.16. The Labute approximate surface area is 81.7 Å². The largest absolute Gasteiger partial charge is 0.497 e. The summed E-state index contributed by atoms with van der Waals surface area (Å²) in [5.74, 6) is -0.689. The minimum absolute atomic E-state index is 0.499. The number of aliphatic hydroxyl groups is 1.